The lowest BCUT2D eigenvalue weighted by atomic mass is 10.4. The zero-order valence-corrected chi connectivity index (χ0v) is 9.42. The van der Waals surface area contributed by atoms with Crippen molar-refractivity contribution >= 4 is 0 Å². The molecule has 0 unspecified atom stereocenters. The quantitative estimate of drug-likeness (QED) is 0.776. The van der Waals surface area contributed by atoms with Crippen LogP contribution in [0.3, 0.4) is 0 Å². The number of nitrogens with zero attached hydrogens (tertiary/aromatic N) is 4. The van der Waals surface area contributed by atoms with Crippen LogP contribution in [0, 0.1) is 0 Å². The molecule has 0 aliphatic heterocycles. The van der Waals surface area contributed by atoms with Gasteiger partial charge in [-0.15, -0.1) is 10.2 Å². The molecule has 0 amide bonds. The van der Waals surface area contributed by atoms with Gasteiger partial charge in [-0.05, 0) is 12.8 Å². The molecule has 0 radical (unpaired) electrons. The molecule has 0 spiro atoms. The molecule has 7 nitrogen and oxygen atoms in total. The minimum Gasteiger partial charge on any atom is -0.423 e. The first-order chi connectivity index (χ1) is 8.28. The summed E-state index contributed by atoms with van der Waals surface area (Å²) in [5.41, 5.74) is 0. The van der Waals surface area contributed by atoms with Gasteiger partial charge in [-0.1, -0.05) is 12.1 Å². The molecular formula is C10H12N4O3. The summed E-state index contributed by atoms with van der Waals surface area (Å²) in [5.74, 6) is 1.54. The van der Waals surface area contributed by atoms with E-state index >= 15 is 0 Å². The second kappa shape index (κ2) is 3.83. The lowest BCUT2D eigenvalue weighted by Crippen LogP contribution is -2.17. The molecule has 0 saturated heterocycles. The molecule has 0 N–H and O–H groups in total. The summed E-state index contributed by atoms with van der Waals surface area (Å²) in [5, 5.41) is 11.5. The Morgan fingerprint density at radius 3 is 2.76 bits per heavy atom. The zero-order valence-electron chi connectivity index (χ0n) is 9.42. The normalized spacial score (nSPS) is 15.4. The molecule has 1 aliphatic rings. The van der Waals surface area contributed by atoms with Crippen LogP contribution in [0.4, 0.5) is 0 Å². The van der Waals surface area contributed by atoms with Crippen LogP contribution in [0.25, 0.3) is 0 Å². The Hall–Kier alpha value is -1.92. The summed E-state index contributed by atoms with van der Waals surface area (Å²) in [6, 6.07) is 0. The van der Waals surface area contributed by atoms with Crippen molar-refractivity contribution in [3.8, 4) is 0 Å². The number of aromatic nitrogens is 4. The summed E-state index contributed by atoms with van der Waals surface area (Å²) in [6.45, 7) is 2.17. The molecule has 0 aromatic carbocycles. The first kappa shape index (κ1) is 10.2. The average molecular weight is 236 g/mol. The highest BCUT2D eigenvalue weighted by Crippen LogP contribution is 2.38. The van der Waals surface area contributed by atoms with Gasteiger partial charge in [0.1, 0.15) is 6.54 Å². The maximum atomic E-state index is 11.5. The SMILES string of the molecule is CCc1nnc(Cn2c(C3CC3)noc2=O)o1. The summed E-state index contributed by atoms with van der Waals surface area (Å²) in [4.78, 5) is 11.5. The number of rotatable bonds is 4. The van der Waals surface area contributed by atoms with E-state index in [-0.39, 0.29) is 6.54 Å². The van der Waals surface area contributed by atoms with Gasteiger partial charge < -0.3 is 4.42 Å². The van der Waals surface area contributed by atoms with Crippen molar-refractivity contribution in [2.75, 3.05) is 0 Å². The summed E-state index contributed by atoms with van der Waals surface area (Å²) in [6.07, 6.45) is 2.78. The zero-order chi connectivity index (χ0) is 11.8. The van der Waals surface area contributed by atoms with Crippen LogP contribution in [0.5, 0.6) is 0 Å². The van der Waals surface area contributed by atoms with Gasteiger partial charge in [0.05, 0.1) is 0 Å². The first-order valence-corrected chi connectivity index (χ1v) is 5.65. The molecule has 3 rings (SSSR count). The largest absolute Gasteiger partial charge is 0.442 e. The third-order valence-corrected chi connectivity index (χ3v) is 2.76. The summed E-state index contributed by atoms with van der Waals surface area (Å²) in [7, 11) is 0. The van der Waals surface area contributed by atoms with E-state index in [4.69, 9.17) is 4.42 Å². The van der Waals surface area contributed by atoms with E-state index in [1.165, 1.54) is 4.57 Å². The van der Waals surface area contributed by atoms with Crippen LogP contribution in [0.2, 0.25) is 0 Å². The Morgan fingerprint density at radius 2 is 2.12 bits per heavy atom. The van der Waals surface area contributed by atoms with Gasteiger partial charge in [-0.25, -0.2) is 4.79 Å². The molecule has 1 saturated carbocycles. The fourth-order valence-electron chi connectivity index (χ4n) is 1.69. The summed E-state index contributed by atoms with van der Waals surface area (Å²) >= 11 is 0. The third-order valence-electron chi connectivity index (χ3n) is 2.76. The highest BCUT2D eigenvalue weighted by molar-refractivity contribution is 5.04. The maximum Gasteiger partial charge on any atom is 0.442 e. The smallest absolute Gasteiger partial charge is 0.423 e. The van der Waals surface area contributed by atoms with Crippen molar-refractivity contribution in [3.63, 3.8) is 0 Å². The van der Waals surface area contributed by atoms with Gasteiger partial charge in [0, 0.05) is 12.3 Å². The van der Waals surface area contributed by atoms with Gasteiger partial charge in [0.25, 0.3) is 0 Å². The maximum absolute atomic E-state index is 11.5. The average Bonchev–Trinajstić information content (AvgIpc) is 2.97. The van der Waals surface area contributed by atoms with Crippen LogP contribution in [0.15, 0.2) is 13.7 Å². The van der Waals surface area contributed by atoms with Crippen LogP contribution < -0.4 is 5.76 Å². The number of hydrogen-bond donors (Lipinski definition) is 0. The molecule has 0 bridgehead atoms. The van der Waals surface area contributed by atoms with Gasteiger partial charge in [0.15, 0.2) is 5.82 Å². The Morgan fingerprint density at radius 1 is 1.35 bits per heavy atom. The molecule has 2 aromatic rings. The minimum atomic E-state index is -0.469. The van der Waals surface area contributed by atoms with Crippen molar-refractivity contribution in [3.05, 3.63) is 28.2 Å². The van der Waals surface area contributed by atoms with Crippen molar-refractivity contribution in [1.29, 1.82) is 0 Å². The molecule has 17 heavy (non-hydrogen) atoms. The van der Waals surface area contributed by atoms with Crippen molar-refractivity contribution in [2.45, 2.75) is 38.6 Å². The molecule has 1 aliphatic carbocycles. The van der Waals surface area contributed by atoms with Crippen LogP contribution in [0.1, 0.15) is 43.3 Å². The van der Waals surface area contributed by atoms with Crippen molar-refractivity contribution in [1.82, 2.24) is 19.9 Å². The van der Waals surface area contributed by atoms with E-state index < -0.39 is 5.76 Å². The second-order valence-corrected chi connectivity index (χ2v) is 4.11. The minimum absolute atomic E-state index is 0.237. The van der Waals surface area contributed by atoms with E-state index in [2.05, 4.69) is 19.9 Å². The molecule has 0 atom stereocenters. The molecule has 2 aromatic heterocycles. The Balaban J connectivity index is 1.88. The van der Waals surface area contributed by atoms with Crippen molar-refractivity contribution < 1.29 is 8.94 Å². The highest BCUT2D eigenvalue weighted by atomic mass is 16.5. The highest BCUT2D eigenvalue weighted by Gasteiger charge is 2.31. The van der Waals surface area contributed by atoms with Crippen LogP contribution in [-0.4, -0.2) is 19.9 Å². The van der Waals surface area contributed by atoms with E-state index in [1.807, 2.05) is 6.92 Å². The predicted molar refractivity (Wildman–Crippen MR) is 55.5 cm³/mol. The van der Waals surface area contributed by atoms with Crippen LogP contribution in [-0.2, 0) is 13.0 Å². The van der Waals surface area contributed by atoms with E-state index in [0.717, 1.165) is 12.8 Å². The molecular weight excluding hydrogens is 224 g/mol. The molecule has 2 heterocycles. The molecule has 90 valence electrons. The fraction of sp³-hybridized carbons (Fsp3) is 0.600. The standard InChI is InChI=1S/C10H12N4O3/c1-2-7-11-12-8(16-7)5-14-9(6-3-4-6)13-17-10(14)15/h6H,2-5H2,1H3. The third kappa shape index (κ3) is 1.88. The molecule has 1 fully saturated rings. The summed E-state index contributed by atoms with van der Waals surface area (Å²) < 4.78 is 11.5. The lowest BCUT2D eigenvalue weighted by Gasteiger charge is -1.98. The van der Waals surface area contributed by atoms with E-state index in [9.17, 15) is 4.79 Å². The Labute approximate surface area is 96.4 Å². The monoisotopic (exact) mass is 236 g/mol. The van der Waals surface area contributed by atoms with E-state index in [1.54, 1.807) is 0 Å². The van der Waals surface area contributed by atoms with Gasteiger partial charge in [-0.3, -0.25) is 9.09 Å². The predicted octanol–water partition coefficient (Wildman–Crippen LogP) is 0.707. The number of aryl methyl sites for hydroxylation is 1. The lowest BCUT2D eigenvalue weighted by molar-refractivity contribution is 0.370. The fourth-order valence-corrected chi connectivity index (χ4v) is 1.69. The van der Waals surface area contributed by atoms with Gasteiger partial charge >= 0.3 is 5.76 Å². The Kier molecular flexibility index (Phi) is 2.31. The number of hydrogen-bond acceptors (Lipinski definition) is 6. The second-order valence-electron chi connectivity index (χ2n) is 4.11. The van der Waals surface area contributed by atoms with Crippen LogP contribution >= 0.6 is 0 Å². The van der Waals surface area contributed by atoms with E-state index in [0.29, 0.717) is 29.9 Å². The first-order valence-electron chi connectivity index (χ1n) is 5.65. The topological polar surface area (TPSA) is 87.0 Å². The molecule has 7 heteroatoms. The van der Waals surface area contributed by atoms with Crippen molar-refractivity contribution in [2.24, 2.45) is 0 Å². The van der Waals surface area contributed by atoms with Gasteiger partial charge in [0.2, 0.25) is 11.8 Å². The Bertz CT molecular complexity index is 578. The van der Waals surface area contributed by atoms with Gasteiger partial charge in [-0.2, -0.15) is 0 Å².